The van der Waals surface area contributed by atoms with E-state index in [-0.39, 0.29) is 0 Å². The fourth-order valence-electron chi connectivity index (χ4n) is 1.92. The summed E-state index contributed by atoms with van der Waals surface area (Å²) in [5.41, 5.74) is 1.98. The molecule has 19 heavy (non-hydrogen) atoms. The van der Waals surface area contributed by atoms with E-state index in [2.05, 4.69) is 15.6 Å². The first-order valence-corrected chi connectivity index (χ1v) is 6.32. The normalized spacial score (nSPS) is 10.3. The Morgan fingerprint density at radius 2 is 1.95 bits per heavy atom. The topological polar surface area (TPSA) is 74.2 Å². The summed E-state index contributed by atoms with van der Waals surface area (Å²) in [5.74, 6) is 0. The van der Waals surface area contributed by atoms with E-state index >= 15 is 0 Å². The largest absolute Gasteiger partial charge is 0.465 e. The zero-order valence-corrected chi connectivity index (χ0v) is 10.6. The van der Waals surface area contributed by atoms with Crippen LogP contribution < -0.4 is 10.6 Å². The number of unbranched alkanes of at least 4 members (excludes halogenated alkanes) is 1. The molecule has 0 bridgehead atoms. The van der Waals surface area contributed by atoms with Gasteiger partial charge in [-0.25, -0.2) is 4.79 Å². The number of amides is 1. The van der Waals surface area contributed by atoms with Crippen molar-refractivity contribution < 1.29 is 9.90 Å². The van der Waals surface area contributed by atoms with Crippen molar-refractivity contribution >= 4 is 22.7 Å². The molecule has 100 valence electrons. The highest BCUT2D eigenvalue weighted by atomic mass is 16.4. The predicted molar refractivity (Wildman–Crippen MR) is 75.5 cm³/mol. The zero-order chi connectivity index (χ0) is 13.5. The first-order chi connectivity index (χ1) is 9.27. The minimum atomic E-state index is -0.966. The molecule has 2 rings (SSSR count). The second-order valence-electron chi connectivity index (χ2n) is 4.25. The molecule has 0 aliphatic carbocycles. The maximum absolute atomic E-state index is 10.3. The highest BCUT2D eigenvalue weighted by molar-refractivity contribution is 5.90. The van der Waals surface area contributed by atoms with Crippen molar-refractivity contribution in [3.8, 4) is 0 Å². The molecule has 1 heterocycles. The number of nitrogens with zero attached hydrogens (tertiary/aromatic N) is 1. The molecule has 0 aliphatic heterocycles. The van der Waals surface area contributed by atoms with E-state index in [9.17, 15) is 4.79 Å². The van der Waals surface area contributed by atoms with Crippen LogP contribution in [-0.2, 0) is 0 Å². The lowest BCUT2D eigenvalue weighted by Crippen LogP contribution is -2.22. The van der Waals surface area contributed by atoms with Gasteiger partial charge in [-0.3, -0.25) is 4.98 Å². The molecule has 5 heteroatoms. The third-order valence-electron chi connectivity index (χ3n) is 2.83. The fraction of sp³-hybridized carbons (Fsp3) is 0.286. The molecule has 3 N–H and O–H groups in total. The van der Waals surface area contributed by atoms with Gasteiger partial charge in [0.2, 0.25) is 0 Å². The summed E-state index contributed by atoms with van der Waals surface area (Å²) in [6.07, 6.45) is 2.54. The van der Waals surface area contributed by atoms with Gasteiger partial charge in [0.05, 0.1) is 11.2 Å². The van der Waals surface area contributed by atoms with Crippen LogP contribution in [0.3, 0.4) is 0 Å². The second kappa shape index (κ2) is 6.58. The van der Waals surface area contributed by atoms with Crippen molar-refractivity contribution in [1.82, 2.24) is 10.3 Å². The van der Waals surface area contributed by atoms with E-state index in [0.29, 0.717) is 6.54 Å². The molecule has 0 saturated heterocycles. The van der Waals surface area contributed by atoms with Gasteiger partial charge in [0.15, 0.2) is 0 Å². The minimum absolute atomic E-state index is 0.491. The van der Waals surface area contributed by atoms with E-state index < -0.39 is 6.09 Å². The van der Waals surface area contributed by atoms with Crippen LogP contribution in [0.25, 0.3) is 10.9 Å². The standard InChI is InChI=1S/C14H17N3O2/c18-14(19)17-9-2-1-8-15-12-7-3-5-11-6-4-10-16-13(11)12/h3-7,10,15,17H,1-2,8-9H2,(H,18,19). The number of benzene rings is 1. The fourth-order valence-corrected chi connectivity index (χ4v) is 1.92. The maximum atomic E-state index is 10.3. The van der Waals surface area contributed by atoms with Crippen LogP contribution in [0, 0.1) is 0 Å². The number of carboxylic acid groups (broad SMARTS) is 1. The highest BCUT2D eigenvalue weighted by Crippen LogP contribution is 2.20. The molecule has 1 aromatic carbocycles. The average Bonchev–Trinajstić information content (AvgIpc) is 2.42. The number of rotatable bonds is 6. The van der Waals surface area contributed by atoms with Gasteiger partial charge < -0.3 is 15.7 Å². The number of para-hydroxylation sites is 1. The van der Waals surface area contributed by atoms with Crippen molar-refractivity contribution in [2.24, 2.45) is 0 Å². The lowest BCUT2D eigenvalue weighted by molar-refractivity contribution is 0.194. The first-order valence-electron chi connectivity index (χ1n) is 6.32. The zero-order valence-electron chi connectivity index (χ0n) is 10.6. The van der Waals surface area contributed by atoms with Gasteiger partial charge in [0.25, 0.3) is 0 Å². The van der Waals surface area contributed by atoms with Gasteiger partial charge in [-0.15, -0.1) is 0 Å². The average molecular weight is 259 g/mol. The Bertz CT molecular complexity index is 552. The van der Waals surface area contributed by atoms with E-state index in [1.165, 1.54) is 0 Å². The van der Waals surface area contributed by atoms with Gasteiger partial charge >= 0.3 is 6.09 Å². The van der Waals surface area contributed by atoms with Crippen LogP contribution in [0.2, 0.25) is 0 Å². The van der Waals surface area contributed by atoms with Crippen LogP contribution in [0.1, 0.15) is 12.8 Å². The van der Waals surface area contributed by atoms with E-state index in [1.54, 1.807) is 6.20 Å². The number of carbonyl (C=O) groups is 1. The summed E-state index contributed by atoms with van der Waals surface area (Å²) < 4.78 is 0. The van der Waals surface area contributed by atoms with E-state index in [4.69, 9.17) is 5.11 Å². The molecule has 0 saturated carbocycles. The van der Waals surface area contributed by atoms with Crippen molar-refractivity contribution in [2.45, 2.75) is 12.8 Å². The van der Waals surface area contributed by atoms with Crippen molar-refractivity contribution in [3.63, 3.8) is 0 Å². The third kappa shape index (κ3) is 3.84. The molecule has 0 unspecified atom stereocenters. The first kappa shape index (κ1) is 13.1. The Kier molecular flexibility index (Phi) is 4.55. The smallest absolute Gasteiger partial charge is 0.404 e. The predicted octanol–water partition coefficient (Wildman–Crippen LogP) is 2.69. The van der Waals surface area contributed by atoms with Crippen LogP contribution in [0.5, 0.6) is 0 Å². The Balaban J connectivity index is 1.83. The second-order valence-corrected chi connectivity index (χ2v) is 4.25. The molecular formula is C14H17N3O2. The summed E-state index contributed by atoms with van der Waals surface area (Å²) >= 11 is 0. The number of nitrogens with one attached hydrogen (secondary N) is 2. The van der Waals surface area contributed by atoms with Crippen molar-refractivity contribution in [3.05, 3.63) is 36.5 Å². The highest BCUT2D eigenvalue weighted by Gasteiger charge is 2.00. The van der Waals surface area contributed by atoms with E-state index in [1.807, 2.05) is 30.3 Å². The molecule has 2 aromatic rings. The molecule has 0 aliphatic rings. The molecule has 1 amide bonds. The molecule has 1 aromatic heterocycles. The molecule has 0 radical (unpaired) electrons. The van der Waals surface area contributed by atoms with Crippen LogP contribution in [0.15, 0.2) is 36.5 Å². The van der Waals surface area contributed by atoms with Crippen molar-refractivity contribution in [2.75, 3.05) is 18.4 Å². The Morgan fingerprint density at radius 1 is 1.16 bits per heavy atom. The number of aromatic nitrogens is 1. The summed E-state index contributed by atoms with van der Waals surface area (Å²) in [4.78, 5) is 14.6. The van der Waals surface area contributed by atoms with Gasteiger partial charge in [-0.1, -0.05) is 18.2 Å². The van der Waals surface area contributed by atoms with Gasteiger partial charge in [0, 0.05) is 24.7 Å². The lowest BCUT2D eigenvalue weighted by atomic mass is 10.2. The maximum Gasteiger partial charge on any atom is 0.404 e. The van der Waals surface area contributed by atoms with Crippen LogP contribution in [0.4, 0.5) is 10.5 Å². The summed E-state index contributed by atoms with van der Waals surface area (Å²) in [5, 5.41) is 15.2. The monoisotopic (exact) mass is 259 g/mol. The summed E-state index contributed by atoms with van der Waals surface area (Å²) in [7, 11) is 0. The number of hydrogen-bond donors (Lipinski definition) is 3. The molecule has 0 fully saturated rings. The summed E-state index contributed by atoms with van der Waals surface area (Å²) in [6.45, 7) is 1.29. The Hall–Kier alpha value is -2.30. The SMILES string of the molecule is O=C(O)NCCCCNc1cccc2cccnc12. The van der Waals surface area contributed by atoms with Gasteiger partial charge in [-0.05, 0) is 25.0 Å². The molecule has 0 spiro atoms. The molecular weight excluding hydrogens is 242 g/mol. The van der Waals surface area contributed by atoms with E-state index in [0.717, 1.165) is 36.0 Å². The summed E-state index contributed by atoms with van der Waals surface area (Å²) in [6, 6.07) is 9.99. The minimum Gasteiger partial charge on any atom is -0.465 e. The number of pyridine rings is 1. The van der Waals surface area contributed by atoms with Crippen LogP contribution >= 0.6 is 0 Å². The number of anilines is 1. The van der Waals surface area contributed by atoms with Gasteiger partial charge in [-0.2, -0.15) is 0 Å². The molecule has 0 atom stereocenters. The van der Waals surface area contributed by atoms with Crippen LogP contribution in [-0.4, -0.2) is 29.3 Å². The number of fused-ring (bicyclic) bond motifs is 1. The number of hydrogen-bond acceptors (Lipinski definition) is 3. The molecule has 5 nitrogen and oxygen atoms in total. The van der Waals surface area contributed by atoms with Crippen molar-refractivity contribution in [1.29, 1.82) is 0 Å². The third-order valence-corrected chi connectivity index (χ3v) is 2.83. The lowest BCUT2D eigenvalue weighted by Gasteiger charge is -2.08. The Labute approximate surface area is 111 Å². The Morgan fingerprint density at radius 3 is 2.79 bits per heavy atom. The van der Waals surface area contributed by atoms with Gasteiger partial charge in [0.1, 0.15) is 0 Å². The quantitative estimate of drug-likeness (QED) is 0.697.